The molecule has 10 heteroatoms. The Morgan fingerprint density at radius 1 is 1.00 bits per heavy atom. The molecular weight excluding hydrogens is 444 g/mol. The number of rotatable bonds is 8. The highest BCUT2D eigenvalue weighted by molar-refractivity contribution is 7.90. The fraction of sp³-hybridized carbons (Fsp3) is 0.391. The molecule has 33 heavy (non-hydrogen) atoms. The maximum atomic E-state index is 12.5. The summed E-state index contributed by atoms with van der Waals surface area (Å²) in [6.07, 6.45) is 4.67. The van der Waals surface area contributed by atoms with Crippen LogP contribution in [0, 0.1) is 0 Å². The molecule has 9 nitrogen and oxygen atoms in total. The summed E-state index contributed by atoms with van der Waals surface area (Å²) in [5.41, 5.74) is 3.97. The number of methoxy groups -OCH3 is 1. The number of urea groups is 1. The minimum atomic E-state index is -3.98. The average Bonchev–Trinajstić information content (AvgIpc) is 3.07. The Kier molecular flexibility index (Phi) is 8.67. The van der Waals surface area contributed by atoms with E-state index in [4.69, 9.17) is 4.74 Å². The molecule has 3 rings (SSSR count). The second kappa shape index (κ2) is 11.7. The Balaban J connectivity index is 1.49. The third-order valence-electron chi connectivity index (χ3n) is 5.36. The molecule has 1 aliphatic heterocycles. The molecule has 1 aliphatic rings. The van der Waals surface area contributed by atoms with Gasteiger partial charge in [0.1, 0.15) is 5.75 Å². The van der Waals surface area contributed by atoms with Crippen molar-refractivity contribution in [2.24, 2.45) is 0 Å². The number of nitrogens with one attached hydrogen (secondary N) is 3. The zero-order chi connectivity index (χ0) is 23.7. The Labute approximate surface area is 194 Å². The summed E-state index contributed by atoms with van der Waals surface area (Å²) in [5.74, 6) is 0.390. The molecule has 0 aromatic heterocycles. The third kappa shape index (κ3) is 7.47. The van der Waals surface area contributed by atoms with Gasteiger partial charge in [0.25, 0.3) is 15.9 Å². The van der Waals surface area contributed by atoms with Crippen molar-refractivity contribution in [1.82, 2.24) is 20.5 Å². The molecular formula is C23H30N4O5S. The topological polar surface area (TPSA) is 117 Å². The van der Waals surface area contributed by atoms with Gasteiger partial charge in [-0.1, -0.05) is 31.0 Å². The zero-order valence-electron chi connectivity index (χ0n) is 18.7. The number of amides is 3. The summed E-state index contributed by atoms with van der Waals surface area (Å²) in [4.78, 5) is 24.4. The number of benzene rings is 2. The summed E-state index contributed by atoms with van der Waals surface area (Å²) in [5, 5.41) is 4.58. The van der Waals surface area contributed by atoms with E-state index in [-0.39, 0.29) is 10.8 Å². The summed E-state index contributed by atoms with van der Waals surface area (Å²) >= 11 is 0. The van der Waals surface area contributed by atoms with Crippen LogP contribution in [0.4, 0.5) is 4.79 Å². The normalized spacial score (nSPS) is 14.7. The monoisotopic (exact) mass is 474 g/mol. The zero-order valence-corrected chi connectivity index (χ0v) is 19.5. The van der Waals surface area contributed by atoms with Crippen molar-refractivity contribution in [2.45, 2.75) is 37.0 Å². The molecule has 1 heterocycles. The van der Waals surface area contributed by atoms with Crippen LogP contribution in [-0.2, 0) is 16.4 Å². The molecule has 0 atom stereocenters. The van der Waals surface area contributed by atoms with E-state index in [2.05, 4.69) is 15.5 Å². The van der Waals surface area contributed by atoms with Gasteiger partial charge in [0.05, 0.1) is 12.0 Å². The van der Waals surface area contributed by atoms with Crippen LogP contribution in [0.25, 0.3) is 0 Å². The predicted octanol–water partition coefficient (Wildman–Crippen LogP) is 2.45. The Hall–Kier alpha value is -3.11. The van der Waals surface area contributed by atoms with Gasteiger partial charge in [0, 0.05) is 25.2 Å². The SMILES string of the molecule is COc1cccc(C(=O)NCCc2ccc(S(=O)(=O)NC(=O)NN3CCCCCC3)cc2)c1. The van der Waals surface area contributed by atoms with E-state index in [1.165, 1.54) is 12.1 Å². The molecule has 178 valence electrons. The molecule has 0 radical (unpaired) electrons. The van der Waals surface area contributed by atoms with Crippen molar-refractivity contribution in [2.75, 3.05) is 26.7 Å². The first-order chi connectivity index (χ1) is 15.9. The largest absolute Gasteiger partial charge is 0.497 e. The van der Waals surface area contributed by atoms with Gasteiger partial charge in [-0.15, -0.1) is 0 Å². The first kappa shape index (κ1) is 24.5. The number of carbonyl (C=O) groups excluding carboxylic acids is 2. The fourth-order valence-electron chi connectivity index (χ4n) is 3.55. The van der Waals surface area contributed by atoms with Crippen molar-refractivity contribution >= 4 is 22.0 Å². The average molecular weight is 475 g/mol. The molecule has 0 bridgehead atoms. The van der Waals surface area contributed by atoms with Crippen LogP contribution in [0.3, 0.4) is 0 Å². The minimum Gasteiger partial charge on any atom is -0.497 e. The van der Waals surface area contributed by atoms with E-state index in [9.17, 15) is 18.0 Å². The molecule has 0 spiro atoms. The van der Waals surface area contributed by atoms with Crippen LogP contribution in [0.5, 0.6) is 5.75 Å². The highest BCUT2D eigenvalue weighted by Crippen LogP contribution is 2.13. The number of sulfonamides is 1. The van der Waals surface area contributed by atoms with Crippen LogP contribution < -0.4 is 20.2 Å². The van der Waals surface area contributed by atoms with E-state index in [0.717, 1.165) is 31.2 Å². The highest BCUT2D eigenvalue weighted by Gasteiger charge is 2.19. The Morgan fingerprint density at radius 2 is 1.70 bits per heavy atom. The maximum absolute atomic E-state index is 12.5. The van der Waals surface area contributed by atoms with Crippen LogP contribution in [0.1, 0.15) is 41.6 Å². The van der Waals surface area contributed by atoms with Crippen molar-refractivity contribution in [1.29, 1.82) is 0 Å². The second-order valence-electron chi connectivity index (χ2n) is 7.83. The lowest BCUT2D eigenvalue weighted by Gasteiger charge is -2.20. The van der Waals surface area contributed by atoms with Crippen LogP contribution >= 0.6 is 0 Å². The number of hydrogen-bond acceptors (Lipinski definition) is 6. The molecule has 3 N–H and O–H groups in total. The fourth-order valence-corrected chi connectivity index (χ4v) is 4.45. The minimum absolute atomic E-state index is 0.00215. The second-order valence-corrected chi connectivity index (χ2v) is 9.51. The third-order valence-corrected chi connectivity index (χ3v) is 6.70. The van der Waals surface area contributed by atoms with Gasteiger partial charge < -0.3 is 10.1 Å². The van der Waals surface area contributed by atoms with Gasteiger partial charge in [-0.25, -0.2) is 22.9 Å². The number of hydrazine groups is 1. The Bertz CT molecular complexity index is 1050. The van der Waals surface area contributed by atoms with Gasteiger partial charge in [-0.2, -0.15) is 0 Å². The lowest BCUT2D eigenvalue weighted by atomic mass is 10.1. The molecule has 3 amide bonds. The summed E-state index contributed by atoms with van der Waals surface area (Å²) in [6.45, 7) is 1.80. The summed E-state index contributed by atoms with van der Waals surface area (Å²) < 4.78 is 32.2. The molecule has 0 saturated carbocycles. The number of hydrogen-bond donors (Lipinski definition) is 3. The van der Waals surface area contributed by atoms with Gasteiger partial charge in [-0.05, 0) is 55.2 Å². The molecule has 1 fully saturated rings. The smallest absolute Gasteiger partial charge is 0.343 e. The predicted molar refractivity (Wildman–Crippen MR) is 124 cm³/mol. The van der Waals surface area contributed by atoms with E-state index in [1.54, 1.807) is 48.5 Å². The van der Waals surface area contributed by atoms with Gasteiger partial charge in [-0.3, -0.25) is 10.2 Å². The standard InChI is InChI=1S/C23H30N4O5S/c1-32-20-8-6-7-19(17-20)22(28)24-14-13-18-9-11-21(12-10-18)33(30,31)26-23(29)25-27-15-4-2-3-5-16-27/h6-12,17H,2-5,13-16H2,1H3,(H,24,28)(H2,25,26,29). The molecule has 0 aliphatic carbocycles. The Morgan fingerprint density at radius 3 is 2.36 bits per heavy atom. The van der Waals surface area contributed by atoms with Gasteiger partial charge >= 0.3 is 6.03 Å². The van der Waals surface area contributed by atoms with Crippen molar-refractivity contribution in [3.05, 3.63) is 59.7 Å². The lowest BCUT2D eigenvalue weighted by Crippen LogP contribution is -2.49. The first-order valence-corrected chi connectivity index (χ1v) is 12.5. The van der Waals surface area contributed by atoms with Gasteiger partial charge in [0.2, 0.25) is 0 Å². The van der Waals surface area contributed by atoms with Crippen LogP contribution in [-0.4, -0.2) is 52.1 Å². The first-order valence-electron chi connectivity index (χ1n) is 11.0. The molecule has 2 aromatic rings. The van der Waals surface area contributed by atoms with Crippen molar-refractivity contribution < 1.29 is 22.7 Å². The quantitative estimate of drug-likeness (QED) is 0.541. The highest BCUT2D eigenvalue weighted by atomic mass is 32.2. The number of carbonyl (C=O) groups is 2. The van der Waals surface area contributed by atoms with E-state index >= 15 is 0 Å². The van der Waals surface area contributed by atoms with Crippen molar-refractivity contribution in [3.8, 4) is 5.75 Å². The van der Waals surface area contributed by atoms with E-state index < -0.39 is 16.1 Å². The van der Waals surface area contributed by atoms with Crippen molar-refractivity contribution in [3.63, 3.8) is 0 Å². The van der Waals surface area contributed by atoms with Crippen LogP contribution in [0.15, 0.2) is 53.4 Å². The van der Waals surface area contributed by atoms with E-state index in [0.29, 0.717) is 37.4 Å². The van der Waals surface area contributed by atoms with Gasteiger partial charge in [0.15, 0.2) is 0 Å². The van der Waals surface area contributed by atoms with E-state index in [1.807, 2.05) is 0 Å². The lowest BCUT2D eigenvalue weighted by molar-refractivity contribution is 0.0953. The molecule has 1 saturated heterocycles. The number of ether oxygens (including phenoxy) is 1. The van der Waals surface area contributed by atoms with Crippen LogP contribution in [0.2, 0.25) is 0 Å². The molecule has 0 unspecified atom stereocenters. The summed E-state index contributed by atoms with van der Waals surface area (Å²) in [7, 11) is -2.44. The summed E-state index contributed by atoms with van der Waals surface area (Å²) in [6, 6.07) is 12.3. The molecule has 2 aromatic carbocycles. The number of nitrogens with zero attached hydrogens (tertiary/aromatic N) is 1. The maximum Gasteiger partial charge on any atom is 0.343 e.